The Morgan fingerprint density at radius 2 is 1.85 bits per heavy atom. The molecular weight excluding hydrogens is 474 g/mol. The van der Waals surface area contributed by atoms with Crippen LogP contribution >= 0.6 is 11.6 Å². The normalized spacial score (nSPS) is 11.5. The SMILES string of the molecule is Cc1cc(C)c(Cl)c(OCCCc2c(C(=O)NS(=O)(=O)c3ccncc3)[nH]c3ccccc23)c1. The van der Waals surface area contributed by atoms with Gasteiger partial charge in [0.05, 0.1) is 16.5 Å². The number of rotatable bonds is 8. The maximum absolute atomic E-state index is 13.0. The molecule has 2 aromatic heterocycles. The topological polar surface area (TPSA) is 101 Å². The number of amides is 1. The number of para-hydroxylation sites is 1. The summed E-state index contributed by atoms with van der Waals surface area (Å²) in [6, 6.07) is 14.0. The summed E-state index contributed by atoms with van der Waals surface area (Å²) in [5, 5.41) is 1.44. The number of hydrogen-bond donors (Lipinski definition) is 2. The van der Waals surface area contributed by atoms with E-state index in [4.69, 9.17) is 16.3 Å². The van der Waals surface area contributed by atoms with Gasteiger partial charge in [0.25, 0.3) is 15.9 Å². The first-order valence-electron chi connectivity index (χ1n) is 10.7. The van der Waals surface area contributed by atoms with Gasteiger partial charge < -0.3 is 9.72 Å². The fourth-order valence-corrected chi connectivity index (χ4v) is 4.96. The van der Waals surface area contributed by atoms with Gasteiger partial charge >= 0.3 is 0 Å². The van der Waals surface area contributed by atoms with E-state index in [1.165, 1.54) is 24.5 Å². The van der Waals surface area contributed by atoms with Crippen molar-refractivity contribution in [3.8, 4) is 5.75 Å². The fraction of sp³-hybridized carbons (Fsp3) is 0.200. The van der Waals surface area contributed by atoms with Gasteiger partial charge in [0, 0.05) is 23.3 Å². The van der Waals surface area contributed by atoms with Crippen molar-refractivity contribution in [3.05, 3.63) is 88.3 Å². The van der Waals surface area contributed by atoms with Crippen LogP contribution in [0.3, 0.4) is 0 Å². The summed E-state index contributed by atoms with van der Waals surface area (Å²) < 4.78 is 33.3. The van der Waals surface area contributed by atoms with Crippen LogP contribution < -0.4 is 9.46 Å². The zero-order valence-corrected chi connectivity index (χ0v) is 20.3. The van der Waals surface area contributed by atoms with Crippen LogP contribution in [0.25, 0.3) is 10.9 Å². The molecule has 2 aromatic carbocycles. The molecule has 4 aromatic rings. The Hall–Kier alpha value is -3.36. The lowest BCUT2D eigenvalue weighted by atomic mass is 10.1. The summed E-state index contributed by atoms with van der Waals surface area (Å²) in [6.07, 6.45) is 3.82. The Kier molecular flexibility index (Phi) is 6.90. The Morgan fingerprint density at radius 1 is 1.12 bits per heavy atom. The summed E-state index contributed by atoms with van der Waals surface area (Å²) >= 11 is 6.36. The molecule has 0 bridgehead atoms. The number of carbonyl (C=O) groups is 1. The van der Waals surface area contributed by atoms with Gasteiger partial charge in [-0.25, -0.2) is 13.1 Å². The molecular formula is C25H24ClN3O4S. The summed E-state index contributed by atoms with van der Waals surface area (Å²) in [7, 11) is -4.03. The number of H-pyrrole nitrogens is 1. The lowest BCUT2D eigenvalue weighted by Gasteiger charge is -2.11. The third-order valence-corrected chi connectivity index (χ3v) is 7.25. The molecule has 0 unspecified atom stereocenters. The zero-order valence-electron chi connectivity index (χ0n) is 18.8. The summed E-state index contributed by atoms with van der Waals surface area (Å²) in [5.41, 5.74) is 3.70. The molecule has 0 aliphatic carbocycles. The second kappa shape index (κ2) is 9.87. The smallest absolute Gasteiger partial charge is 0.281 e. The average molecular weight is 498 g/mol. The molecule has 0 spiro atoms. The second-order valence-corrected chi connectivity index (χ2v) is 10.0. The van der Waals surface area contributed by atoms with Gasteiger partial charge in [-0.15, -0.1) is 0 Å². The van der Waals surface area contributed by atoms with Gasteiger partial charge in [0.15, 0.2) is 0 Å². The molecule has 2 N–H and O–H groups in total. The van der Waals surface area contributed by atoms with Crippen molar-refractivity contribution in [1.82, 2.24) is 14.7 Å². The van der Waals surface area contributed by atoms with E-state index in [9.17, 15) is 13.2 Å². The Morgan fingerprint density at radius 3 is 2.62 bits per heavy atom. The van der Waals surface area contributed by atoms with E-state index >= 15 is 0 Å². The van der Waals surface area contributed by atoms with Gasteiger partial charge in [-0.1, -0.05) is 35.9 Å². The minimum absolute atomic E-state index is 0.0350. The van der Waals surface area contributed by atoms with E-state index in [1.54, 1.807) is 0 Å². The highest BCUT2D eigenvalue weighted by Crippen LogP contribution is 2.30. The molecule has 0 saturated carbocycles. The lowest BCUT2D eigenvalue weighted by molar-refractivity contribution is 0.0976. The van der Waals surface area contributed by atoms with Crippen LogP contribution in [-0.2, 0) is 16.4 Å². The number of aromatic nitrogens is 2. The third kappa shape index (κ3) is 5.08. The second-order valence-electron chi connectivity index (χ2n) is 7.99. The van der Waals surface area contributed by atoms with Gasteiger partial charge in [0.1, 0.15) is 11.4 Å². The van der Waals surface area contributed by atoms with Crippen LogP contribution in [0, 0.1) is 13.8 Å². The summed E-state index contributed by atoms with van der Waals surface area (Å²) in [5.74, 6) is -0.0965. The largest absolute Gasteiger partial charge is 0.492 e. The number of benzene rings is 2. The van der Waals surface area contributed by atoms with Crippen LogP contribution in [0.4, 0.5) is 0 Å². The molecule has 0 aliphatic rings. The minimum atomic E-state index is -4.03. The maximum Gasteiger partial charge on any atom is 0.281 e. The van der Waals surface area contributed by atoms with Crippen molar-refractivity contribution in [2.24, 2.45) is 0 Å². The van der Waals surface area contributed by atoms with Gasteiger partial charge in [-0.05, 0) is 67.6 Å². The Balaban J connectivity index is 1.53. The minimum Gasteiger partial charge on any atom is -0.492 e. The first-order chi connectivity index (χ1) is 16.3. The highest BCUT2D eigenvalue weighted by molar-refractivity contribution is 7.90. The molecule has 0 fully saturated rings. The average Bonchev–Trinajstić information content (AvgIpc) is 3.19. The lowest BCUT2D eigenvalue weighted by Crippen LogP contribution is -2.31. The molecule has 34 heavy (non-hydrogen) atoms. The monoisotopic (exact) mass is 497 g/mol. The fourth-order valence-electron chi connectivity index (χ4n) is 3.85. The van der Waals surface area contributed by atoms with Crippen molar-refractivity contribution >= 4 is 38.4 Å². The molecule has 0 atom stereocenters. The number of aryl methyl sites for hydroxylation is 3. The van der Waals surface area contributed by atoms with E-state index < -0.39 is 15.9 Å². The molecule has 9 heteroatoms. The van der Waals surface area contributed by atoms with Crippen molar-refractivity contribution in [2.75, 3.05) is 6.61 Å². The first kappa shape index (κ1) is 23.8. The first-order valence-corrected chi connectivity index (χ1v) is 12.6. The number of halogens is 1. The Bertz CT molecular complexity index is 1450. The molecule has 0 aliphatic heterocycles. The highest BCUT2D eigenvalue weighted by atomic mass is 35.5. The standard InChI is InChI=1S/C25H24ClN3O4S/c1-16-14-17(2)23(26)22(15-16)33-13-5-7-20-19-6-3-4-8-21(19)28-24(20)25(30)29-34(31,32)18-9-11-27-12-10-18/h3-4,6,8-12,14-15,28H,5,7,13H2,1-2H3,(H,29,30). The molecule has 0 saturated heterocycles. The van der Waals surface area contributed by atoms with E-state index in [2.05, 4.69) is 14.7 Å². The van der Waals surface area contributed by atoms with Gasteiger partial charge in [-0.2, -0.15) is 0 Å². The van der Waals surface area contributed by atoms with Crippen molar-refractivity contribution < 1.29 is 17.9 Å². The molecule has 176 valence electrons. The number of hydrogen-bond acceptors (Lipinski definition) is 5. The van der Waals surface area contributed by atoms with Crippen molar-refractivity contribution in [2.45, 2.75) is 31.6 Å². The number of nitrogens with zero attached hydrogens (tertiary/aromatic N) is 1. The zero-order chi connectivity index (χ0) is 24.3. The van der Waals surface area contributed by atoms with E-state index in [0.29, 0.717) is 30.2 Å². The number of ether oxygens (including phenoxy) is 1. The van der Waals surface area contributed by atoms with E-state index in [1.807, 2.05) is 50.2 Å². The van der Waals surface area contributed by atoms with Gasteiger partial charge in [0.2, 0.25) is 0 Å². The number of pyridine rings is 1. The van der Waals surface area contributed by atoms with Crippen LogP contribution in [0.1, 0.15) is 33.6 Å². The van der Waals surface area contributed by atoms with Crippen LogP contribution in [-0.4, -0.2) is 30.9 Å². The predicted octanol–water partition coefficient (Wildman–Crippen LogP) is 4.96. The molecule has 0 radical (unpaired) electrons. The maximum atomic E-state index is 13.0. The quantitative estimate of drug-likeness (QED) is 0.335. The van der Waals surface area contributed by atoms with Crippen molar-refractivity contribution in [1.29, 1.82) is 0 Å². The number of nitrogens with one attached hydrogen (secondary N) is 2. The van der Waals surface area contributed by atoms with Gasteiger partial charge in [-0.3, -0.25) is 9.78 Å². The van der Waals surface area contributed by atoms with Crippen LogP contribution in [0.2, 0.25) is 5.02 Å². The van der Waals surface area contributed by atoms with Crippen molar-refractivity contribution in [3.63, 3.8) is 0 Å². The number of sulfonamides is 1. The molecule has 7 nitrogen and oxygen atoms in total. The highest BCUT2D eigenvalue weighted by Gasteiger charge is 2.23. The van der Waals surface area contributed by atoms with E-state index in [0.717, 1.165) is 27.6 Å². The van der Waals surface area contributed by atoms with E-state index in [-0.39, 0.29) is 10.6 Å². The predicted molar refractivity (Wildman–Crippen MR) is 132 cm³/mol. The summed E-state index contributed by atoms with van der Waals surface area (Å²) in [4.78, 5) is 19.9. The number of aromatic amines is 1. The summed E-state index contributed by atoms with van der Waals surface area (Å²) in [6.45, 7) is 4.30. The molecule has 1 amide bonds. The molecule has 2 heterocycles. The molecule has 4 rings (SSSR count). The number of carbonyl (C=O) groups excluding carboxylic acids is 1. The van der Waals surface area contributed by atoms with Crippen LogP contribution in [0.5, 0.6) is 5.75 Å². The van der Waals surface area contributed by atoms with Crippen LogP contribution in [0.15, 0.2) is 65.8 Å². The third-order valence-electron chi connectivity index (χ3n) is 5.42. The number of fused-ring (bicyclic) bond motifs is 1. The Labute approximate surface area is 203 Å².